The lowest BCUT2D eigenvalue weighted by Crippen LogP contribution is -2.41. The molecule has 1 aromatic rings. The smallest absolute Gasteiger partial charge is 0.225 e. The summed E-state index contributed by atoms with van der Waals surface area (Å²) in [6.45, 7) is 2.07. The number of benzene rings is 1. The van der Waals surface area contributed by atoms with E-state index < -0.39 is 12.1 Å². The predicted octanol–water partition coefficient (Wildman–Crippen LogP) is 0.842. The first-order chi connectivity index (χ1) is 9.88. The van der Waals surface area contributed by atoms with Gasteiger partial charge in [-0.3, -0.25) is 9.59 Å². The number of aliphatic hydroxyl groups is 1. The van der Waals surface area contributed by atoms with Crippen LogP contribution in [0, 0.1) is 11.7 Å². The van der Waals surface area contributed by atoms with Gasteiger partial charge in [0.1, 0.15) is 5.82 Å². The van der Waals surface area contributed by atoms with Gasteiger partial charge in [0.2, 0.25) is 11.8 Å². The highest BCUT2D eigenvalue weighted by Crippen LogP contribution is 2.20. The molecule has 5 nitrogen and oxygen atoms in total. The first kappa shape index (κ1) is 15.4. The van der Waals surface area contributed by atoms with E-state index in [0.29, 0.717) is 12.1 Å². The van der Waals surface area contributed by atoms with E-state index in [1.807, 2.05) is 0 Å². The molecule has 1 aliphatic rings. The molecule has 0 radical (unpaired) electrons. The monoisotopic (exact) mass is 294 g/mol. The van der Waals surface area contributed by atoms with Crippen LogP contribution in [0.25, 0.3) is 0 Å². The molecule has 2 N–H and O–H groups in total. The maximum atomic E-state index is 12.9. The Balaban J connectivity index is 1.94. The molecule has 2 rings (SSSR count). The number of carbonyl (C=O) groups excluding carboxylic acids is 2. The van der Waals surface area contributed by atoms with Crippen molar-refractivity contribution in [3.8, 4) is 0 Å². The molecule has 0 spiro atoms. The molecule has 0 aromatic heterocycles. The third-order valence-electron chi connectivity index (χ3n) is 3.77. The second-order valence-electron chi connectivity index (χ2n) is 5.47. The van der Waals surface area contributed by atoms with Crippen molar-refractivity contribution in [3.05, 3.63) is 35.6 Å². The van der Waals surface area contributed by atoms with Crippen molar-refractivity contribution in [2.45, 2.75) is 25.5 Å². The van der Waals surface area contributed by atoms with Gasteiger partial charge in [-0.05, 0) is 24.6 Å². The van der Waals surface area contributed by atoms with Crippen LogP contribution in [0.4, 0.5) is 4.39 Å². The number of nitrogens with one attached hydrogen (secondary N) is 1. The van der Waals surface area contributed by atoms with Crippen LogP contribution in [0.1, 0.15) is 25.0 Å². The molecule has 0 bridgehead atoms. The second kappa shape index (κ2) is 6.22. The highest BCUT2D eigenvalue weighted by atomic mass is 19.1. The fourth-order valence-electron chi connectivity index (χ4n) is 2.41. The lowest BCUT2D eigenvalue weighted by molar-refractivity contribution is -0.128. The fraction of sp³-hybridized carbons (Fsp3) is 0.467. The minimum atomic E-state index is -0.926. The van der Waals surface area contributed by atoms with Crippen molar-refractivity contribution in [1.29, 1.82) is 0 Å². The van der Waals surface area contributed by atoms with E-state index in [2.05, 4.69) is 5.32 Å². The molecule has 1 saturated heterocycles. The van der Waals surface area contributed by atoms with E-state index in [0.717, 1.165) is 0 Å². The summed E-state index contributed by atoms with van der Waals surface area (Å²) >= 11 is 0. The Morgan fingerprint density at radius 1 is 1.43 bits per heavy atom. The highest BCUT2D eigenvalue weighted by molar-refractivity contribution is 5.89. The Labute approximate surface area is 122 Å². The summed E-state index contributed by atoms with van der Waals surface area (Å²) in [6, 6.07) is 4.96. The number of likely N-dealkylation sites (tertiary alicyclic amines) is 1. The van der Waals surface area contributed by atoms with Gasteiger partial charge < -0.3 is 15.3 Å². The van der Waals surface area contributed by atoms with Crippen molar-refractivity contribution >= 4 is 11.8 Å². The quantitative estimate of drug-likeness (QED) is 0.864. The van der Waals surface area contributed by atoms with Crippen LogP contribution in [0.3, 0.4) is 0 Å². The summed E-state index contributed by atoms with van der Waals surface area (Å²) < 4.78 is 12.9. The summed E-state index contributed by atoms with van der Waals surface area (Å²) in [5.74, 6) is -1.07. The van der Waals surface area contributed by atoms with Crippen LogP contribution >= 0.6 is 0 Å². The van der Waals surface area contributed by atoms with Crippen LogP contribution in [-0.4, -0.2) is 41.5 Å². The van der Waals surface area contributed by atoms with Crippen LogP contribution < -0.4 is 5.32 Å². The van der Waals surface area contributed by atoms with Gasteiger partial charge in [-0.25, -0.2) is 4.39 Å². The number of aliphatic hydroxyl groups excluding tert-OH is 1. The normalized spacial score (nSPS) is 21.2. The van der Waals surface area contributed by atoms with Crippen LogP contribution in [0.15, 0.2) is 24.3 Å². The zero-order valence-electron chi connectivity index (χ0n) is 12.0. The van der Waals surface area contributed by atoms with E-state index in [-0.39, 0.29) is 30.0 Å². The van der Waals surface area contributed by atoms with Crippen molar-refractivity contribution in [3.63, 3.8) is 0 Å². The summed E-state index contributed by atoms with van der Waals surface area (Å²) in [5, 5.41) is 12.9. The van der Waals surface area contributed by atoms with Crippen molar-refractivity contribution in [1.82, 2.24) is 10.2 Å². The Hall–Kier alpha value is -1.95. The molecule has 0 aliphatic carbocycles. The maximum absolute atomic E-state index is 12.9. The lowest BCUT2D eigenvalue weighted by atomic mass is 10.0. The molecular weight excluding hydrogens is 275 g/mol. The van der Waals surface area contributed by atoms with Crippen LogP contribution in [0.2, 0.25) is 0 Å². The molecule has 0 saturated carbocycles. The van der Waals surface area contributed by atoms with Gasteiger partial charge in [-0.1, -0.05) is 12.1 Å². The van der Waals surface area contributed by atoms with E-state index in [1.54, 1.807) is 14.0 Å². The average Bonchev–Trinajstić information content (AvgIpc) is 2.79. The Morgan fingerprint density at radius 3 is 2.57 bits per heavy atom. The lowest BCUT2D eigenvalue weighted by Gasteiger charge is -2.22. The Kier molecular flexibility index (Phi) is 4.57. The number of halogens is 1. The fourth-order valence-corrected chi connectivity index (χ4v) is 2.41. The molecule has 1 aromatic carbocycles. The molecule has 6 heteroatoms. The van der Waals surface area contributed by atoms with Gasteiger partial charge in [-0.15, -0.1) is 0 Å². The summed E-state index contributed by atoms with van der Waals surface area (Å²) in [7, 11) is 1.66. The predicted molar refractivity (Wildman–Crippen MR) is 74.7 cm³/mol. The Bertz CT molecular complexity index is 532. The number of hydrogen-bond acceptors (Lipinski definition) is 3. The summed E-state index contributed by atoms with van der Waals surface area (Å²) in [6.07, 6.45) is -0.730. The van der Waals surface area contributed by atoms with Crippen LogP contribution in [-0.2, 0) is 9.59 Å². The standard InChI is InChI=1S/C15H19FN2O3/c1-9(14(20)10-3-5-12(16)6-4-10)17-15(21)11-7-13(19)18(2)8-11/h3-6,9,11,14,20H,7-8H2,1-2H3,(H,17,21). The van der Waals surface area contributed by atoms with E-state index in [4.69, 9.17) is 0 Å². The molecule has 1 heterocycles. The third-order valence-corrected chi connectivity index (χ3v) is 3.77. The van der Waals surface area contributed by atoms with Gasteiger partial charge >= 0.3 is 0 Å². The number of rotatable bonds is 4. The maximum Gasteiger partial charge on any atom is 0.225 e. The number of nitrogens with zero attached hydrogens (tertiary/aromatic N) is 1. The molecule has 1 fully saturated rings. The average molecular weight is 294 g/mol. The topological polar surface area (TPSA) is 69.6 Å². The summed E-state index contributed by atoms with van der Waals surface area (Å²) in [4.78, 5) is 25.0. The van der Waals surface area contributed by atoms with Crippen molar-refractivity contribution < 1.29 is 19.1 Å². The van der Waals surface area contributed by atoms with E-state index in [1.165, 1.54) is 29.2 Å². The van der Waals surface area contributed by atoms with Gasteiger partial charge in [0.05, 0.1) is 18.1 Å². The zero-order chi connectivity index (χ0) is 15.6. The van der Waals surface area contributed by atoms with Gasteiger partial charge in [0.15, 0.2) is 0 Å². The molecule has 1 aliphatic heterocycles. The highest BCUT2D eigenvalue weighted by Gasteiger charge is 2.33. The number of carbonyl (C=O) groups is 2. The molecule has 3 atom stereocenters. The minimum absolute atomic E-state index is 0.0538. The minimum Gasteiger partial charge on any atom is -0.386 e. The molecule has 2 amide bonds. The van der Waals surface area contributed by atoms with E-state index in [9.17, 15) is 19.1 Å². The third kappa shape index (κ3) is 3.58. The first-order valence-corrected chi connectivity index (χ1v) is 6.86. The van der Waals surface area contributed by atoms with Gasteiger partial charge in [-0.2, -0.15) is 0 Å². The second-order valence-corrected chi connectivity index (χ2v) is 5.47. The largest absolute Gasteiger partial charge is 0.386 e. The number of amides is 2. The van der Waals surface area contributed by atoms with Crippen molar-refractivity contribution in [2.75, 3.05) is 13.6 Å². The van der Waals surface area contributed by atoms with Crippen molar-refractivity contribution in [2.24, 2.45) is 5.92 Å². The van der Waals surface area contributed by atoms with Gasteiger partial charge in [0.25, 0.3) is 0 Å². The molecule has 3 unspecified atom stereocenters. The summed E-state index contributed by atoms with van der Waals surface area (Å²) in [5.41, 5.74) is 0.531. The van der Waals surface area contributed by atoms with Gasteiger partial charge in [0, 0.05) is 20.0 Å². The SMILES string of the molecule is CC(NC(=O)C1CC(=O)N(C)C1)C(O)c1ccc(F)cc1. The zero-order valence-corrected chi connectivity index (χ0v) is 12.0. The Morgan fingerprint density at radius 2 is 2.05 bits per heavy atom. The molecule has 21 heavy (non-hydrogen) atoms. The first-order valence-electron chi connectivity index (χ1n) is 6.86. The van der Waals surface area contributed by atoms with E-state index >= 15 is 0 Å². The number of hydrogen-bond donors (Lipinski definition) is 2. The molecule has 114 valence electrons. The molecular formula is C15H19FN2O3. The van der Waals surface area contributed by atoms with Crippen LogP contribution in [0.5, 0.6) is 0 Å².